The molecule has 0 fully saturated rings. The number of benzene rings is 1. The van der Waals surface area contributed by atoms with E-state index in [-0.39, 0.29) is 24.8 Å². The maximum atomic E-state index is 11.9. The second kappa shape index (κ2) is 8.52. The van der Waals surface area contributed by atoms with E-state index in [4.69, 9.17) is 4.42 Å². The van der Waals surface area contributed by atoms with Crippen LogP contribution in [0.5, 0.6) is 0 Å². The molecule has 126 valence electrons. The van der Waals surface area contributed by atoms with E-state index in [1.54, 1.807) is 6.07 Å². The first-order valence-electron chi connectivity index (χ1n) is 7.56. The lowest BCUT2D eigenvalue weighted by molar-refractivity contribution is -0.123. The normalized spacial score (nSPS) is 10.0. The highest BCUT2D eigenvalue weighted by Crippen LogP contribution is 2.14. The van der Waals surface area contributed by atoms with Crippen molar-refractivity contribution in [3.63, 3.8) is 0 Å². The van der Waals surface area contributed by atoms with Crippen molar-refractivity contribution in [2.45, 2.75) is 13.3 Å². The SMILES string of the molecule is CCc1ccccc1NC(=O)CNC(=O)CNC(=O)c1ccco1. The van der Waals surface area contributed by atoms with Gasteiger partial charge in [0.05, 0.1) is 19.4 Å². The van der Waals surface area contributed by atoms with Crippen LogP contribution in [0.3, 0.4) is 0 Å². The minimum atomic E-state index is -0.489. The van der Waals surface area contributed by atoms with Gasteiger partial charge in [-0.3, -0.25) is 14.4 Å². The lowest BCUT2D eigenvalue weighted by Crippen LogP contribution is -2.40. The molecule has 1 heterocycles. The summed E-state index contributed by atoms with van der Waals surface area (Å²) >= 11 is 0. The van der Waals surface area contributed by atoms with Crippen LogP contribution < -0.4 is 16.0 Å². The molecule has 0 atom stereocenters. The van der Waals surface area contributed by atoms with Gasteiger partial charge in [0, 0.05) is 5.69 Å². The van der Waals surface area contributed by atoms with Crippen molar-refractivity contribution in [1.29, 1.82) is 0 Å². The number of carbonyl (C=O) groups excluding carboxylic acids is 3. The molecule has 0 aliphatic rings. The number of anilines is 1. The average molecular weight is 329 g/mol. The number of hydrogen-bond donors (Lipinski definition) is 3. The maximum Gasteiger partial charge on any atom is 0.287 e. The van der Waals surface area contributed by atoms with Gasteiger partial charge in [-0.1, -0.05) is 25.1 Å². The van der Waals surface area contributed by atoms with E-state index < -0.39 is 11.8 Å². The molecule has 2 rings (SSSR count). The van der Waals surface area contributed by atoms with Gasteiger partial charge < -0.3 is 20.4 Å². The Morgan fingerprint density at radius 3 is 2.42 bits per heavy atom. The number of amides is 3. The van der Waals surface area contributed by atoms with Gasteiger partial charge in [0.2, 0.25) is 11.8 Å². The van der Waals surface area contributed by atoms with Crippen LogP contribution in [-0.4, -0.2) is 30.8 Å². The Morgan fingerprint density at radius 1 is 0.958 bits per heavy atom. The largest absolute Gasteiger partial charge is 0.459 e. The fraction of sp³-hybridized carbons (Fsp3) is 0.235. The standard InChI is InChI=1S/C17H19N3O4/c1-2-12-6-3-4-7-13(12)20-16(22)11-18-15(21)10-19-17(23)14-8-5-9-24-14/h3-9H,2,10-11H2,1H3,(H,18,21)(H,19,23)(H,20,22). The molecule has 1 aromatic heterocycles. The number of aryl methyl sites for hydroxylation is 1. The zero-order chi connectivity index (χ0) is 17.4. The summed E-state index contributed by atoms with van der Waals surface area (Å²) in [6.07, 6.45) is 2.16. The molecule has 0 radical (unpaired) electrons. The molecule has 7 nitrogen and oxygen atoms in total. The van der Waals surface area contributed by atoms with Gasteiger partial charge in [-0.25, -0.2) is 0 Å². The number of carbonyl (C=O) groups is 3. The van der Waals surface area contributed by atoms with Crippen molar-refractivity contribution in [1.82, 2.24) is 10.6 Å². The monoisotopic (exact) mass is 329 g/mol. The fourth-order valence-electron chi connectivity index (χ4n) is 2.04. The van der Waals surface area contributed by atoms with Gasteiger partial charge in [-0.05, 0) is 30.2 Å². The fourth-order valence-corrected chi connectivity index (χ4v) is 2.04. The summed E-state index contributed by atoms with van der Waals surface area (Å²) < 4.78 is 4.91. The van der Waals surface area contributed by atoms with Crippen molar-refractivity contribution in [2.24, 2.45) is 0 Å². The highest BCUT2D eigenvalue weighted by molar-refractivity contribution is 5.97. The third-order valence-corrected chi connectivity index (χ3v) is 3.27. The van der Waals surface area contributed by atoms with Crippen molar-refractivity contribution in [2.75, 3.05) is 18.4 Å². The predicted octanol–water partition coefficient (Wildman–Crippen LogP) is 1.33. The summed E-state index contributed by atoms with van der Waals surface area (Å²) in [5, 5.41) is 7.59. The van der Waals surface area contributed by atoms with Gasteiger partial charge >= 0.3 is 0 Å². The lowest BCUT2D eigenvalue weighted by Gasteiger charge is -2.10. The van der Waals surface area contributed by atoms with Crippen LogP contribution in [0.2, 0.25) is 0 Å². The van der Waals surface area contributed by atoms with Crippen LogP contribution in [-0.2, 0) is 16.0 Å². The molecule has 0 saturated heterocycles. The highest BCUT2D eigenvalue weighted by atomic mass is 16.3. The lowest BCUT2D eigenvalue weighted by atomic mass is 10.1. The number of para-hydroxylation sites is 1. The Labute approximate surface area is 139 Å². The summed E-state index contributed by atoms with van der Waals surface area (Å²) in [6, 6.07) is 10.5. The summed E-state index contributed by atoms with van der Waals surface area (Å²) in [5.74, 6) is -1.16. The molecule has 0 aliphatic carbocycles. The minimum absolute atomic E-state index is 0.122. The van der Waals surface area contributed by atoms with Crippen LogP contribution in [0.4, 0.5) is 5.69 Å². The molecule has 2 aromatic rings. The van der Waals surface area contributed by atoms with Crippen LogP contribution in [0.15, 0.2) is 47.1 Å². The van der Waals surface area contributed by atoms with Crippen molar-refractivity contribution < 1.29 is 18.8 Å². The van der Waals surface area contributed by atoms with Crippen LogP contribution in [0, 0.1) is 0 Å². The molecule has 24 heavy (non-hydrogen) atoms. The van der Waals surface area contributed by atoms with Crippen LogP contribution >= 0.6 is 0 Å². The van der Waals surface area contributed by atoms with Gasteiger partial charge in [-0.2, -0.15) is 0 Å². The second-order valence-corrected chi connectivity index (χ2v) is 5.00. The highest BCUT2D eigenvalue weighted by Gasteiger charge is 2.11. The summed E-state index contributed by atoms with van der Waals surface area (Å²) in [7, 11) is 0. The molecule has 3 amide bonds. The van der Waals surface area contributed by atoms with E-state index in [0.29, 0.717) is 0 Å². The Kier molecular flexibility index (Phi) is 6.13. The first-order chi connectivity index (χ1) is 11.6. The van der Waals surface area contributed by atoms with Crippen molar-refractivity contribution >= 4 is 23.4 Å². The molecule has 0 unspecified atom stereocenters. The van der Waals surface area contributed by atoms with Crippen LogP contribution in [0.1, 0.15) is 23.0 Å². The summed E-state index contributed by atoms with van der Waals surface area (Å²) in [6.45, 7) is 1.58. The molecule has 0 aliphatic heterocycles. The first kappa shape index (κ1) is 17.3. The smallest absolute Gasteiger partial charge is 0.287 e. The average Bonchev–Trinajstić information content (AvgIpc) is 3.13. The van der Waals surface area contributed by atoms with Gasteiger partial charge in [0.15, 0.2) is 5.76 Å². The van der Waals surface area contributed by atoms with E-state index in [2.05, 4.69) is 16.0 Å². The molecule has 0 bridgehead atoms. The zero-order valence-corrected chi connectivity index (χ0v) is 13.3. The zero-order valence-electron chi connectivity index (χ0n) is 13.3. The van der Waals surface area contributed by atoms with Crippen LogP contribution in [0.25, 0.3) is 0 Å². The minimum Gasteiger partial charge on any atom is -0.459 e. The van der Waals surface area contributed by atoms with Gasteiger partial charge in [-0.15, -0.1) is 0 Å². The Bertz CT molecular complexity index is 710. The van der Waals surface area contributed by atoms with E-state index in [1.165, 1.54) is 12.3 Å². The third kappa shape index (κ3) is 4.98. The van der Waals surface area contributed by atoms with E-state index in [1.807, 2.05) is 31.2 Å². The quantitative estimate of drug-likeness (QED) is 0.713. The van der Waals surface area contributed by atoms with Crippen molar-refractivity contribution in [3.05, 3.63) is 54.0 Å². The summed E-state index contributed by atoms with van der Waals surface area (Å²) in [5.41, 5.74) is 1.74. The van der Waals surface area contributed by atoms with Crippen molar-refractivity contribution in [3.8, 4) is 0 Å². The molecule has 0 saturated carbocycles. The van der Waals surface area contributed by atoms with E-state index >= 15 is 0 Å². The second-order valence-electron chi connectivity index (χ2n) is 5.00. The Morgan fingerprint density at radius 2 is 1.71 bits per heavy atom. The maximum absolute atomic E-state index is 11.9. The molecular weight excluding hydrogens is 310 g/mol. The molecule has 3 N–H and O–H groups in total. The van der Waals surface area contributed by atoms with Gasteiger partial charge in [0.25, 0.3) is 5.91 Å². The predicted molar refractivity (Wildman–Crippen MR) is 88.5 cm³/mol. The van der Waals surface area contributed by atoms with E-state index in [9.17, 15) is 14.4 Å². The number of furan rings is 1. The third-order valence-electron chi connectivity index (χ3n) is 3.27. The molecule has 0 spiro atoms. The number of hydrogen-bond acceptors (Lipinski definition) is 4. The Hall–Kier alpha value is -3.09. The molecule has 7 heteroatoms. The number of rotatable bonds is 7. The topological polar surface area (TPSA) is 100 Å². The first-order valence-corrected chi connectivity index (χ1v) is 7.56. The molecule has 1 aromatic carbocycles. The summed E-state index contributed by atoms with van der Waals surface area (Å²) in [4.78, 5) is 35.1. The molecular formula is C17H19N3O4. The van der Waals surface area contributed by atoms with Gasteiger partial charge in [0.1, 0.15) is 0 Å². The van der Waals surface area contributed by atoms with E-state index in [0.717, 1.165) is 17.7 Å². The Balaban J connectivity index is 1.73. The number of nitrogens with one attached hydrogen (secondary N) is 3.